The largest absolute Gasteiger partial charge is 0.432 e. The van der Waals surface area contributed by atoms with Crippen molar-refractivity contribution in [3.8, 4) is 5.75 Å². The number of rotatable bonds is 6. The molecule has 0 aliphatic carbocycles. The third-order valence-corrected chi connectivity index (χ3v) is 2.36. The molecule has 7 heteroatoms. The number of likely N-dealkylation sites (N-methyl/N-ethyl adjacent to an activating group) is 1. The number of nitrogens with zero attached hydrogens (tertiary/aromatic N) is 1. The number of halogens is 3. The topological polar surface area (TPSA) is 50.5 Å². The van der Waals surface area contributed by atoms with Gasteiger partial charge in [0.05, 0.1) is 11.4 Å². The lowest BCUT2D eigenvalue weighted by molar-refractivity contribution is -0.0521. The molecule has 0 aliphatic heterocycles. The highest BCUT2D eigenvalue weighted by molar-refractivity contribution is 5.69. The first-order valence-corrected chi connectivity index (χ1v) is 5.74. The zero-order valence-corrected chi connectivity index (χ0v) is 11.1. The van der Waals surface area contributed by atoms with Crippen LogP contribution in [0.15, 0.2) is 12.1 Å². The van der Waals surface area contributed by atoms with Crippen molar-refractivity contribution in [2.75, 3.05) is 31.7 Å². The summed E-state index contributed by atoms with van der Waals surface area (Å²) in [5, 5.41) is 3.02. The van der Waals surface area contributed by atoms with E-state index in [1.165, 1.54) is 0 Å². The highest BCUT2D eigenvalue weighted by atomic mass is 19.3. The lowest BCUT2D eigenvalue weighted by Gasteiger charge is -2.21. The van der Waals surface area contributed by atoms with E-state index >= 15 is 0 Å². The minimum Gasteiger partial charge on any atom is -0.432 e. The molecular weight excluding hydrogens is 259 g/mol. The normalized spacial score (nSPS) is 12.8. The molecule has 0 bridgehead atoms. The smallest absolute Gasteiger partial charge is 0.387 e. The molecule has 108 valence electrons. The van der Waals surface area contributed by atoms with E-state index in [0.717, 1.165) is 12.1 Å². The van der Waals surface area contributed by atoms with Gasteiger partial charge in [0, 0.05) is 24.7 Å². The maximum Gasteiger partial charge on any atom is 0.387 e. The third-order valence-electron chi connectivity index (χ3n) is 2.36. The minimum absolute atomic E-state index is 0.0159. The van der Waals surface area contributed by atoms with Crippen LogP contribution in [0.5, 0.6) is 5.75 Å². The van der Waals surface area contributed by atoms with Crippen LogP contribution in [0.25, 0.3) is 0 Å². The van der Waals surface area contributed by atoms with E-state index in [-0.39, 0.29) is 11.7 Å². The number of hydrogen-bond donors (Lipinski definition) is 2. The van der Waals surface area contributed by atoms with Crippen LogP contribution in [0.4, 0.5) is 24.5 Å². The Morgan fingerprint density at radius 3 is 2.53 bits per heavy atom. The Morgan fingerprint density at radius 1 is 1.37 bits per heavy atom. The summed E-state index contributed by atoms with van der Waals surface area (Å²) in [6.07, 6.45) is 0. The first-order chi connectivity index (χ1) is 8.79. The quantitative estimate of drug-likeness (QED) is 0.784. The summed E-state index contributed by atoms with van der Waals surface area (Å²) in [6, 6.07) is 2.12. The Labute approximate surface area is 110 Å². The molecule has 1 unspecified atom stereocenters. The molecule has 1 aromatic rings. The van der Waals surface area contributed by atoms with Gasteiger partial charge in [-0.15, -0.1) is 0 Å². The van der Waals surface area contributed by atoms with Gasteiger partial charge < -0.3 is 20.7 Å². The van der Waals surface area contributed by atoms with Gasteiger partial charge in [0.2, 0.25) is 0 Å². The van der Waals surface area contributed by atoms with Crippen molar-refractivity contribution in [3.05, 3.63) is 17.9 Å². The highest BCUT2D eigenvalue weighted by Crippen LogP contribution is 2.29. The van der Waals surface area contributed by atoms with E-state index in [1.54, 1.807) is 0 Å². The molecule has 0 radical (unpaired) electrons. The van der Waals surface area contributed by atoms with Crippen LogP contribution < -0.4 is 15.8 Å². The van der Waals surface area contributed by atoms with Crippen LogP contribution >= 0.6 is 0 Å². The van der Waals surface area contributed by atoms with Crippen molar-refractivity contribution < 1.29 is 17.9 Å². The molecule has 1 rings (SSSR count). The fraction of sp³-hybridized carbons (Fsp3) is 0.500. The number of nitrogens with one attached hydrogen (secondary N) is 1. The molecule has 0 aromatic heterocycles. The number of ether oxygens (including phenoxy) is 1. The van der Waals surface area contributed by atoms with E-state index in [9.17, 15) is 13.2 Å². The second-order valence-electron chi connectivity index (χ2n) is 4.56. The lowest BCUT2D eigenvalue weighted by atomic mass is 10.2. The molecule has 0 spiro atoms. The summed E-state index contributed by atoms with van der Waals surface area (Å²) in [5.41, 5.74) is 6.15. The Hall–Kier alpha value is -1.63. The average Bonchev–Trinajstić information content (AvgIpc) is 2.23. The van der Waals surface area contributed by atoms with Gasteiger partial charge in [-0.2, -0.15) is 8.78 Å². The van der Waals surface area contributed by atoms with Crippen molar-refractivity contribution in [2.45, 2.75) is 19.6 Å². The first-order valence-electron chi connectivity index (χ1n) is 5.74. The van der Waals surface area contributed by atoms with Gasteiger partial charge in [-0.1, -0.05) is 0 Å². The Kier molecular flexibility index (Phi) is 5.29. The molecular formula is C12H18F3N3O. The first kappa shape index (κ1) is 15.4. The summed E-state index contributed by atoms with van der Waals surface area (Å²) in [6.45, 7) is -0.469. The number of nitrogens with two attached hydrogens (primary N) is 1. The monoisotopic (exact) mass is 277 g/mol. The average molecular weight is 277 g/mol. The summed E-state index contributed by atoms with van der Waals surface area (Å²) in [4.78, 5) is 1.95. The maximum atomic E-state index is 13.4. The SMILES string of the molecule is CC(CN(C)C)Nc1cc(OC(F)F)c(F)cc1N. The summed E-state index contributed by atoms with van der Waals surface area (Å²) < 4.78 is 41.7. The number of benzene rings is 1. The molecule has 19 heavy (non-hydrogen) atoms. The van der Waals surface area contributed by atoms with Crippen LogP contribution in [0.2, 0.25) is 0 Å². The van der Waals surface area contributed by atoms with E-state index in [2.05, 4.69) is 10.1 Å². The van der Waals surface area contributed by atoms with E-state index in [1.807, 2.05) is 25.9 Å². The van der Waals surface area contributed by atoms with Crippen molar-refractivity contribution in [1.29, 1.82) is 0 Å². The van der Waals surface area contributed by atoms with Crippen LogP contribution in [0, 0.1) is 5.82 Å². The van der Waals surface area contributed by atoms with E-state index in [4.69, 9.17) is 5.73 Å². The molecule has 0 amide bonds. The Morgan fingerprint density at radius 2 is 2.00 bits per heavy atom. The fourth-order valence-electron chi connectivity index (χ4n) is 1.74. The van der Waals surface area contributed by atoms with Crippen LogP contribution in [-0.4, -0.2) is 38.2 Å². The fourth-order valence-corrected chi connectivity index (χ4v) is 1.74. The third kappa shape index (κ3) is 4.86. The lowest BCUT2D eigenvalue weighted by Crippen LogP contribution is -2.29. The molecule has 0 aliphatic rings. The second-order valence-corrected chi connectivity index (χ2v) is 4.56. The molecule has 0 fully saturated rings. The van der Waals surface area contributed by atoms with Crippen LogP contribution in [-0.2, 0) is 0 Å². The van der Waals surface area contributed by atoms with Crippen LogP contribution in [0.1, 0.15) is 6.92 Å². The number of alkyl halides is 2. The van der Waals surface area contributed by atoms with Gasteiger partial charge in [0.1, 0.15) is 0 Å². The highest BCUT2D eigenvalue weighted by Gasteiger charge is 2.14. The number of hydrogen-bond acceptors (Lipinski definition) is 4. The standard InChI is InChI=1S/C12H18F3N3O/c1-7(6-18(2)3)17-10-5-11(19-12(14)15)8(13)4-9(10)16/h4-5,7,12,17H,6,16H2,1-3H3. The predicted octanol–water partition coefficient (Wildman–Crippen LogP) is 2.37. The summed E-state index contributed by atoms with van der Waals surface area (Å²) in [7, 11) is 3.80. The van der Waals surface area contributed by atoms with Gasteiger partial charge in [0.25, 0.3) is 0 Å². The molecule has 0 saturated carbocycles. The van der Waals surface area contributed by atoms with Crippen molar-refractivity contribution in [2.24, 2.45) is 0 Å². The van der Waals surface area contributed by atoms with Crippen molar-refractivity contribution in [3.63, 3.8) is 0 Å². The van der Waals surface area contributed by atoms with E-state index < -0.39 is 18.2 Å². The van der Waals surface area contributed by atoms with E-state index in [0.29, 0.717) is 12.2 Å². The van der Waals surface area contributed by atoms with Gasteiger partial charge in [-0.3, -0.25) is 0 Å². The Bertz CT molecular complexity index is 427. The van der Waals surface area contributed by atoms with Gasteiger partial charge in [-0.25, -0.2) is 4.39 Å². The second kappa shape index (κ2) is 6.51. The zero-order chi connectivity index (χ0) is 14.6. The summed E-state index contributed by atoms with van der Waals surface area (Å²) in [5.74, 6) is -1.44. The van der Waals surface area contributed by atoms with Gasteiger partial charge >= 0.3 is 6.61 Å². The zero-order valence-electron chi connectivity index (χ0n) is 11.1. The molecule has 0 heterocycles. The number of nitrogen functional groups attached to an aromatic ring is 1. The van der Waals surface area contributed by atoms with Gasteiger partial charge in [0.15, 0.2) is 11.6 Å². The molecule has 1 aromatic carbocycles. The van der Waals surface area contributed by atoms with Crippen molar-refractivity contribution in [1.82, 2.24) is 4.90 Å². The predicted molar refractivity (Wildman–Crippen MR) is 69.1 cm³/mol. The Balaban J connectivity index is 2.88. The maximum absolute atomic E-state index is 13.4. The minimum atomic E-state index is -3.08. The molecule has 3 N–H and O–H groups in total. The molecule has 4 nitrogen and oxygen atoms in total. The number of anilines is 2. The summed E-state index contributed by atoms with van der Waals surface area (Å²) >= 11 is 0. The molecule has 1 atom stereocenters. The van der Waals surface area contributed by atoms with Gasteiger partial charge in [-0.05, 0) is 21.0 Å². The van der Waals surface area contributed by atoms with Crippen LogP contribution in [0.3, 0.4) is 0 Å². The van der Waals surface area contributed by atoms with Crippen molar-refractivity contribution >= 4 is 11.4 Å². The molecule has 0 saturated heterocycles.